The minimum absolute atomic E-state index is 0.0306. The van der Waals surface area contributed by atoms with Crippen molar-refractivity contribution in [1.82, 2.24) is 0 Å². The van der Waals surface area contributed by atoms with Gasteiger partial charge in [0.15, 0.2) is 0 Å². The molecule has 1 aliphatic heterocycles. The zero-order chi connectivity index (χ0) is 15.0. The Kier molecular flexibility index (Phi) is 3.22. The number of carbonyl (C=O) groups is 2. The molecule has 2 N–H and O–H groups in total. The molecule has 2 aromatic rings. The maximum Gasteiger partial charge on any atom is 0.255 e. The Hall–Kier alpha value is -2.62. The maximum absolute atomic E-state index is 12.3. The van der Waals surface area contributed by atoms with E-state index in [-0.39, 0.29) is 11.8 Å². The molecule has 3 rings (SSSR count). The SMILES string of the molecule is Cc1ccc(NC(=O)c2ccc3c(c2)CC(=O)N3)c(C)c1. The molecule has 0 fully saturated rings. The lowest BCUT2D eigenvalue weighted by Crippen LogP contribution is -2.13. The molecule has 0 aromatic heterocycles. The van der Waals surface area contributed by atoms with E-state index in [9.17, 15) is 9.59 Å². The number of fused-ring (bicyclic) bond motifs is 1. The van der Waals surface area contributed by atoms with Crippen LogP contribution in [0.3, 0.4) is 0 Å². The van der Waals surface area contributed by atoms with E-state index >= 15 is 0 Å². The second kappa shape index (κ2) is 5.05. The van der Waals surface area contributed by atoms with Gasteiger partial charge in [0.1, 0.15) is 0 Å². The largest absolute Gasteiger partial charge is 0.326 e. The number of hydrogen-bond acceptors (Lipinski definition) is 2. The molecular formula is C17H16N2O2. The highest BCUT2D eigenvalue weighted by Gasteiger charge is 2.19. The van der Waals surface area contributed by atoms with Gasteiger partial charge in [0.25, 0.3) is 5.91 Å². The van der Waals surface area contributed by atoms with Crippen LogP contribution in [-0.2, 0) is 11.2 Å². The number of rotatable bonds is 2. The molecule has 4 heteroatoms. The van der Waals surface area contributed by atoms with Crippen LogP contribution in [0.25, 0.3) is 0 Å². The number of anilines is 2. The minimum atomic E-state index is -0.163. The molecule has 21 heavy (non-hydrogen) atoms. The van der Waals surface area contributed by atoms with Crippen LogP contribution in [0.5, 0.6) is 0 Å². The third kappa shape index (κ3) is 2.65. The van der Waals surface area contributed by atoms with Gasteiger partial charge in [-0.2, -0.15) is 0 Å². The van der Waals surface area contributed by atoms with Gasteiger partial charge in [-0.15, -0.1) is 0 Å². The van der Waals surface area contributed by atoms with E-state index in [4.69, 9.17) is 0 Å². The number of hydrogen-bond donors (Lipinski definition) is 2. The molecule has 1 heterocycles. The number of nitrogens with one attached hydrogen (secondary N) is 2. The van der Waals surface area contributed by atoms with Crippen LogP contribution in [0, 0.1) is 13.8 Å². The van der Waals surface area contributed by atoms with E-state index in [2.05, 4.69) is 10.6 Å². The van der Waals surface area contributed by atoms with Crippen LogP contribution in [0.4, 0.5) is 11.4 Å². The Morgan fingerprint density at radius 3 is 2.71 bits per heavy atom. The van der Waals surface area contributed by atoms with E-state index < -0.39 is 0 Å². The number of benzene rings is 2. The highest BCUT2D eigenvalue weighted by molar-refractivity contribution is 6.06. The van der Waals surface area contributed by atoms with Crippen LogP contribution in [0.1, 0.15) is 27.0 Å². The van der Waals surface area contributed by atoms with Gasteiger partial charge in [-0.25, -0.2) is 0 Å². The van der Waals surface area contributed by atoms with Gasteiger partial charge < -0.3 is 10.6 Å². The zero-order valence-corrected chi connectivity index (χ0v) is 12.0. The van der Waals surface area contributed by atoms with Gasteiger partial charge in [-0.05, 0) is 49.2 Å². The predicted molar refractivity (Wildman–Crippen MR) is 82.6 cm³/mol. The lowest BCUT2D eigenvalue weighted by Gasteiger charge is -2.10. The Labute approximate surface area is 123 Å². The summed E-state index contributed by atoms with van der Waals surface area (Å²) >= 11 is 0. The fourth-order valence-electron chi connectivity index (χ4n) is 2.52. The molecule has 0 unspecified atom stereocenters. The minimum Gasteiger partial charge on any atom is -0.326 e. The first-order chi connectivity index (χ1) is 10.0. The smallest absolute Gasteiger partial charge is 0.255 e. The number of amides is 2. The molecule has 0 atom stereocenters. The van der Waals surface area contributed by atoms with Crippen molar-refractivity contribution in [3.63, 3.8) is 0 Å². The Morgan fingerprint density at radius 2 is 1.95 bits per heavy atom. The second-order valence-corrected chi connectivity index (χ2v) is 5.37. The van der Waals surface area contributed by atoms with Crippen LogP contribution in [0.2, 0.25) is 0 Å². The molecule has 0 spiro atoms. The van der Waals surface area contributed by atoms with Crippen molar-refractivity contribution in [2.45, 2.75) is 20.3 Å². The molecule has 0 radical (unpaired) electrons. The first-order valence-corrected chi connectivity index (χ1v) is 6.84. The summed E-state index contributed by atoms with van der Waals surface area (Å²) in [5.41, 5.74) is 5.22. The monoisotopic (exact) mass is 280 g/mol. The third-order valence-corrected chi connectivity index (χ3v) is 3.62. The van der Waals surface area contributed by atoms with Gasteiger partial charge in [0.05, 0.1) is 6.42 Å². The topological polar surface area (TPSA) is 58.2 Å². The van der Waals surface area contributed by atoms with Crippen LogP contribution in [-0.4, -0.2) is 11.8 Å². The van der Waals surface area contributed by atoms with Crippen LogP contribution in [0.15, 0.2) is 36.4 Å². The standard InChI is InChI=1S/C17H16N2O2/c1-10-3-5-14(11(2)7-10)19-17(21)12-4-6-15-13(8-12)9-16(20)18-15/h3-8H,9H2,1-2H3,(H,18,20)(H,19,21). The van der Waals surface area contributed by atoms with Crippen molar-refractivity contribution in [2.24, 2.45) is 0 Å². The maximum atomic E-state index is 12.3. The van der Waals surface area contributed by atoms with Gasteiger partial charge in [-0.1, -0.05) is 17.7 Å². The summed E-state index contributed by atoms with van der Waals surface area (Å²) in [5.74, 6) is -0.193. The van der Waals surface area contributed by atoms with Gasteiger partial charge in [0, 0.05) is 16.9 Å². The highest BCUT2D eigenvalue weighted by atomic mass is 16.2. The van der Waals surface area contributed by atoms with E-state index in [1.807, 2.05) is 32.0 Å². The summed E-state index contributed by atoms with van der Waals surface area (Å²) in [7, 11) is 0. The molecule has 106 valence electrons. The number of carbonyl (C=O) groups excluding carboxylic acids is 2. The molecule has 0 saturated carbocycles. The van der Waals surface area contributed by atoms with E-state index in [0.29, 0.717) is 12.0 Å². The number of aryl methyl sites for hydroxylation is 2. The quantitative estimate of drug-likeness (QED) is 0.888. The lowest BCUT2D eigenvalue weighted by atomic mass is 10.1. The fourth-order valence-corrected chi connectivity index (χ4v) is 2.52. The molecule has 0 bridgehead atoms. The molecular weight excluding hydrogens is 264 g/mol. The van der Waals surface area contributed by atoms with Crippen molar-refractivity contribution >= 4 is 23.2 Å². The van der Waals surface area contributed by atoms with Crippen molar-refractivity contribution in [1.29, 1.82) is 0 Å². The zero-order valence-electron chi connectivity index (χ0n) is 12.0. The molecule has 2 amide bonds. The normalized spacial score (nSPS) is 12.8. The average molecular weight is 280 g/mol. The van der Waals surface area contributed by atoms with Crippen LogP contribution < -0.4 is 10.6 Å². The third-order valence-electron chi connectivity index (χ3n) is 3.62. The molecule has 2 aromatic carbocycles. The van der Waals surface area contributed by atoms with Gasteiger partial charge >= 0.3 is 0 Å². The van der Waals surface area contributed by atoms with Crippen molar-refractivity contribution in [2.75, 3.05) is 10.6 Å². The Bertz CT molecular complexity index is 750. The van der Waals surface area contributed by atoms with Crippen molar-refractivity contribution in [3.8, 4) is 0 Å². The summed E-state index contributed by atoms with van der Waals surface area (Å²) in [6, 6.07) is 11.2. The fraction of sp³-hybridized carbons (Fsp3) is 0.176. The van der Waals surface area contributed by atoms with Crippen molar-refractivity contribution < 1.29 is 9.59 Å². The van der Waals surface area contributed by atoms with E-state index in [1.165, 1.54) is 0 Å². The molecule has 0 saturated heterocycles. The second-order valence-electron chi connectivity index (χ2n) is 5.37. The summed E-state index contributed by atoms with van der Waals surface area (Å²) in [4.78, 5) is 23.7. The lowest BCUT2D eigenvalue weighted by molar-refractivity contribution is -0.115. The van der Waals surface area contributed by atoms with E-state index in [0.717, 1.165) is 28.1 Å². The summed E-state index contributed by atoms with van der Waals surface area (Å²) in [6.45, 7) is 3.98. The summed E-state index contributed by atoms with van der Waals surface area (Å²) in [6.07, 6.45) is 0.333. The predicted octanol–water partition coefficient (Wildman–Crippen LogP) is 3.05. The average Bonchev–Trinajstić information content (AvgIpc) is 2.80. The van der Waals surface area contributed by atoms with Gasteiger partial charge in [-0.3, -0.25) is 9.59 Å². The molecule has 4 nitrogen and oxygen atoms in total. The Morgan fingerprint density at radius 1 is 1.14 bits per heavy atom. The molecule has 0 aliphatic carbocycles. The Balaban J connectivity index is 1.83. The molecule has 1 aliphatic rings. The van der Waals surface area contributed by atoms with Crippen molar-refractivity contribution in [3.05, 3.63) is 58.7 Å². The van der Waals surface area contributed by atoms with Gasteiger partial charge in [0.2, 0.25) is 5.91 Å². The summed E-state index contributed by atoms with van der Waals surface area (Å²) in [5, 5.41) is 5.67. The first kappa shape index (κ1) is 13.4. The van der Waals surface area contributed by atoms with Crippen LogP contribution >= 0.6 is 0 Å². The summed E-state index contributed by atoms with van der Waals surface area (Å²) < 4.78 is 0. The highest BCUT2D eigenvalue weighted by Crippen LogP contribution is 2.24. The van der Waals surface area contributed by atoms with E-state index in [1.54, 1.807) is 18.2 Å². The first-order valence-electron chi connectivity index (χ1n) is 6.84.